The third kappa shape index (κ3) is 2.87. The SMILES string of the molecule is CNCCCOCc1c(C)[nH]c2ccccc12. The van der Waals surface area contributed by atoms with Gasteiger partial charge in [-0.2, -0.15) is 0 Å². The van der Waals surface area contributed by atoms with Crippen LogP contribution in [0, 0.1) is 6.92 Å². The van der Waals surface area contributed by atoms with E-state index in [1.165, 1.54) is 22.2 Å². The monoisotopic (exact) mass is 232 g/mol. The van der Waals surface area contributed by atoms with Gasteiger partial charge in [0.2, 0.25) is 0 Å². The molecule has 1 aromatic carbocycles. The molecule has 0 aliphatic carbocycles. The molecule has 0 aliphatic heterocycles. The summed E-state index contributed by atoms with van der Waals surface area (Å²) < 4.78 is 5.71. The van der Waals surface area contributed by atoms with E-state index in [0.717, 1.165) is 19.6 Å². The molecule has 0 fully saturated rings. The summed E-state index contributed by atoms with van der Waals surface area (Å²) >= 11 is 0. The summed E-state index contributed by atoms with van der Waals surface area (Å²) in [6.07, 6.45) is 1.05. The van der Waals surface area contributed by atoms with E-state index < -0.39 is 0 Å². The van der Waals surface area contributed by atoms with Gasteiger partial charge in [0.25, 0.3) is 0 Å². The van der Waals surface area contributed by atoms with Gasteiger partial charge in [-0.05, 0) is 33.0 Å². The minimum atomic E-state index is 0.694. The van der Waals surface area contributed by atoms with Crippen LogP contribution in [0.15, 0.2) is 24.3 Å². The molecule has 2 N–H and O–H groups in total. The van der Waals surface area contributed by atoms with Crippen molar-refractivity contribution in [2.24, 2.45) is 0 Å². The first kappa shape index (κ1) is 12.1. The molecule has 92 valence electrons. The zero-order valence-electron chi connectivity index (χ0n) is 10.5. The molecule has 0 radical (unpaired) electrons. The minimum absolute atomic E-state index is 0.694. The van der Waals surface area contributed by atoms with E-state index >= 15 is 0 Å². The van der Waals surface area contributed by atoms with Gasteiger partial charge in [0, 0.05) is 28.8 Å². The summed E-state index contributed by atoms with van der Waals surface area (Å²) in [4.78, 5) is 3.39. The molecular formula is C14H20N2O. The molecule has 0 saturated carbocycles. The molecule has 1 heterocycles. The molecule has 17 heavy (non-hydrogen) atoms. The van der Waals surface area contributed by atoms with Gasteiger partial charge in [-0.3, -0.25) is 0 Å². The van der Waals surface area contributed by atoms with Gasteiger partial charge in [0.15, 0.2) is 0 Å². The third-order valence-electron chi connectivity index (χ3n) is 2.99. The Morgan fingerprint density at radius 2 is 2.12 bits per heavy atom. The zero-order valence-corrected chi connectivity index (χ0v) is 10.5. The second-order valence-electron chi connectivity index (χ2n) is 4.28. The largest absolute Gasteiger partial charge is 0.377 e. The fraction of sp³-hybridized carbons (Fsp3) is 0.429. The normalized spacial score (nSPS) is 11.2. The standard InChI is InChI=1S/C14H20N2O/c1-11-13(10-17-9-5-8-15-2)12-6-3-4-7-14(12)16-11/h3-4,6-7,15-16H,5,8-10H2,1-2H3. The number of hydrogen-bond donors (Lipinski definition) is 2. The molecule has 3 nitrogen and oxygen atoms in total. The number of aromatic nitrogens is 1. The summed E-state index contributed by atoms with van der Waals surface area (Å²) in [6.45, 7) is 4.61. The van der Waals surface area contributed by atoms with Crippen LogP contribution >= 0.6 is 0 Å². The van der Waals surface area contributed by atoms with Gasteiger partial charge in [-0.1, -0.05) is 18.2 Å². The summed E-state index contributed by atoms with van der Waals surface area (Å²) in [5, 5.41) is 4.39. The maximum absolute atomic E-state index is 5.71. The van der Waals surface area contributed by atoms with Crippen LogP contribution in [0.3, 0.4) is 0 Å². The van der Waals surface area contributed by atoms with E-state index in [-0.39, 0.29) is 0 Å². The number of hydrogen-bond acceptors (Lipinski definition) is 2. The Bertz CT molecular complexity index is 476. The Morgan fingerprint density at radius 3 is 2.94 bits per heavy atom. The molecule has 0 amide bonds. The van der Waals surface area contributed by atoms with Crippen LogP contribution in [-0.4, -0.2) is 25.2 Å². The van der Waals surface area contributed by atoms with Crippen LogP contribution < -0.4 is 5.32 Å². The minimum Gasteiger partial charge on any atom is -0.377 e. The maximum atomic E-state index is 5.71. The fourth-order valence-corrected chi connectivity index (χ4v) is 2.05. The Labute approximate surface area is 102 Å². The first-order chi connectivity index (χ1) is 8.33. The highest BCUT2D eigenvalue weighted by Crippen LogP contribution is 2.22. The Morgan fingerprint density at radius 1 is 1.29 bits per heavy atom. The van der Waals surface area contributed by atoms with Gasteiger partial charge in [-0.15, -0.1) is 0 Å². The number of fused-ring (bicyclic) bond motifs is 1. The highest BCUT2D eigenvalue weighted by Gasteiger charge is 2.07. The van der Waals surface area contributed by atoms with E-state index in [1.54, 1.807) is 0 Å². The smallest absolute Gasteiger partial charge is 0.0740 e. The van der Waals surface area contributed by atoms with Crippen LogP contribution in [0.4, 0.5) is 0 Å². The predicted molar refractivity (Wildman–Crippen MR) is 71.2 cm³/mol. The van der Waals surface area contributed by atoms with Crippen LogP contribution in [0.5, 0.6) is 0 Å². The van der Waals surface area contributed by atoms with Crippen molar-refractivity contribution < 1.29 is 4.74 Å². The van der Waals surface area contributed by atoms with Crippen LogP contribution in [0.1, 0.15) is 17.7 Å². The zero-order chi connectivity index (χ0) is 12.1. The molecule has 0 aliphatic rings. The van der Waals surface area contributed by atoms with Crippen molar-refractivity contribution in [2.45, 2.75) is 20.0 Å². The number of aromatic amines is 1. The molecular weight excluding hydrogens is 212 g/mol. The first-order valence-corrected chi connectivity index (χ1v) is 6.11. The van der Waals surface area contributed by atoms with Crippen molar-refractivity contribution >= 4 is 10.9 Å². The van der Waals surface area contributed by atoms with Gasteiger partial charge in [0.05, 0.1) is 6.61 Å². The lowest BCUT2D eigenvalue weighted by Crippen LogP contribution is -2.10. The van der Waals surface area contributed by atoms with E-state index in [9.17, 15) is 0 Å². The first-order valence-electron chi connectivity index (χ1n) is 6.11. The van der Waals surface area contributed by atoms with Crippen LogP contribution in [0.2, 0.25) is 0 Å². The maximum Gasteiger partial charge on any atom is 0.0740 e. The molecule has 0 saturated heterocycles. The van der Waals surface area contributed by atoms with Crippen molar-refractivity contribution in [1.82, 2.24) is 10.3 Å². The van der Waals surface area contributed by atoms with Crippen LogP contribution in [0.25, 0.3) is 10.9 Å². The van der Waals surface area contributed by atoms with Crippen LogP contribution in [-0.2, 0) is 11.3 Å². The Balaban J connectivity index is 2.00. The molecule has 0 spiro atoms. The summed E-state index contributed by atoms with van der Waals surface area (Å²) in [5.41, 5.74) is 3.68. The molecule has 3 heteroatoms. The summed E-state index contributed by atoms with van der Waals surface area (Å²) in [6, 6.07) is 8.37. The lowest BCUT2D eigenvalue weighted by atomic mass is 10.1. The number of benzene rings is 1. The fourth-order valence-electron chi connectivity index (χ4n) is 2.05. The highest BCUT2D eigenvalue weighted by atomic mass is 16.5. The van der Waals surface area contributed by atoms with E-state index in [0.29, 0.717) is 6.61 Å². The number of aryl methyl sites for hydroxylation is 1. The van der Waals surface area contributed by atoms with E-state index in [1.807, 2.05) is 7.05 Å². The topological polar surface area (TPSA) is 37.0 Å². The highest BCUT2D eigenvalue weighted by molar-refractivity contribution is 5.84. The summed E-state index contributed by atoms with van der Waals surface area (Å²) in [5.74, 6) is 0. The number of H-pyrrole nitrogens is 1. The van der Waals surface area contributed by atoms with Gasteiger partial charge in [-0.25, -0.2) is 0 Å². The Hall–Kier alpha value is -1.32. The molecule has 0 bridgehead atoms. The second kappa shape index (κ2) is 5.84. The van der Waals surface area contributed by atoms with Gasteiger partial charge < -0.3 is 15.0 Å². The number of ether oxygens (including phenoxy) is 1. The van der Waals surface area contributed by atoms with Crippen molar-refractivity contribution in [2.75, 3.05) is 20.2 Å². The van der Waals surface area contributed by atoms with Crippen molar-refractivity contribution in [1.29, 1.82) is 0 Å². The molecule has 0 unspecified atom stereocenters. The van der Waals surface area contributed by atoms with E-state index in [4.69, 9.17) is 4.74 Å². The van der Waals surface area contributed by atoms with E-state index in [2.05, 4.69) is 41.5 Å². The van der Waals surface area contributed by atoms with Crippen molar-refractivity contribution in [3.8, 4) is 0 Å². The Kier molecular flexibility index (Phi) is 4.18. The van der Waals surface area contributed by atoms with Gasteiger partial charge in [0.1, 0.15) is 0 Å². The third-order valence-corrected chi connectivity index (χ3v) is 2.99. The average Bonchev–Trinajstić information content (AvgIpc) is 2.65. The lowest BCUT2D eigenvalue weighted by Gasteiger charge is -2.04. The lowest BCUT2D eigenvalue weighted by molar-refractivity contribution is 0.119. The number of nitrogens with one attached hydrogen (secondary N) is 2. The molecule has 2 aromatic rings. The predicted octanol–water partition coefficient (Wildman–Crippen LogP) is 2.60. The molecule has 2 rings (SSSR count). The van der Waals surface area contributed by atoms with Crippen molar-refractivity contribution in [3.05, 3.63) is 35.5 Å². The average molecular weight is 232 g/mol. The molecule has 0 atom stereocenters. The molecule has 1 aromatic heterocycles. The number of rotatable bonds is 6. The summed E-state index contributed by atoms with van der Waals surface area (Å²) in [7, 11) is 1.96. The number of para-hydroxylation sites is 1. The second-order valence-corrected chi connectivity index (χ2v) is 4.28. The quantitative estimate of drug-likeness (QED) is 0.751. The van der Waals surface area contributed by atoms with Crippen molar-refractivity contribution in [3.63, 3.8) is 0 Å². The van der Waals surface area contributed by atoms with Gasteiger partial charge >= 0.3 is 0 Å².